The molecule has 1 aliphatic rings. The number of carboxylic acid groups (broad SMARTS) is 1. The van der Waals surface area contributed by atoms with E-state index in [1.54, 1.807) is 9.80 Å². The van der Waals surface area contributed by atoms with Gasteiger partial charge in [-0.05, 0) is 18.6 Å². The smallest absolute Gasteiger partial charge is 0.320 e. The number of hydrogen-bond donors (Lipinski definition) is 2. The van der Waals surface area contributed by atoms with Gasteiger partial charge in [0.25, 0.3) is 0 Å². The van der Waals surface area contributed by atoms with Gasteiger partial charge in [-0.3, -0.25) is 14.4 Å². The van der Waals surface area contributed by atoms with Crippen LogP contribution < -0.4 is 10.5 Å². The molecule has 0 aliphatic carbocycles. The molecular formula is C18H25N3O5. The fraction of sp³-hybridized carbons (Fsp3) is 0.500. The highest BCUT2D eigenvalue weighted by Crippen LogP contribution is 2.10. The van der Waals surface area contributed by atoms with E-state index in [1.165, 1.54) is 0 Å². The van der Waals surface area contributed by atoms with Crippen molar-refractivity contribution >= 4 is 17.8 Å². The van der Waals surface area contributed by atoms with Crippen molar-refractivity contribution in [3.05, 3.63) is 30.3 Å². The molecule has 1 aromatic carbocycles. The van der Waals surface area contributed by atoms with Gasteiger partial charge in [-0.15, -0.1) is 0 Å². The Morgan fingerprint density at radius 1 is 1.00 bits per heavy atom. The molecule has 0 spiro atoms. The Labute approximate surface area is 152 Å². The molecule has 2 rings (SSSR count). The van der Waals surface area contributed by atoms with Crippen molar-refractivity contribution in [2.45, 2.75) is 25.3 Å². The largest absolute Gasteiger partial charge is 0.493 e. The standard InChI is InChI=1S/C18H25N3O5/c19-15(18(24)25)6-7-16(22)20-9-11-21(12-10-20)17(23)8-13-26-14-4-2-1-3-5-14/h1-5,15H,6-13,19H2,(H,24,25)/t15-/m0/s1. The highest BCUT2D eigenvalue weighted by atomic mass is 16.5. The number of amides is 2. The van der Waals surface area contributed by atoms with Gasteiger partial charge in [0.15, 0.2) is 0 Å². The quantitative estimate of drug-likeness (QED) is 0.688. The number of aliphatic carboxylic acids is 1. The zero-order valence-electron chi connectivity index (χ0n) is 14.7. The number of carboxylic acids is 1. The highest BCUT2D eigenvalue weighted by Gasteiger charge is 2.24. The van der Waals surface area contributed by atoms with Gasteiger partial charge in [-0.2, -0.15) is 0 Å². The molecule has 0 radical (unpaired) electrons. The van der Waals surface area contributed by atoms with Crippen LogP contribution in [0.25, 0.3) is 0 Å². The third-order valence-corrected chi connectivity index (χ3v) is 4.30. The molecule has 1 atom stereocenters. The van der Waals surface area contributed by atoms with E-state index in [2.05, 4.69) is 0 Å². The van der Waals surface area contributed by atoms with Gasteiger partial charge in [-0.25, -0.2) is 0 Å². The summed E-state index contributed by atoms with van der Waals surface area (Å²) in [7, 11) is 0. The Morgan fingerprint density at radius 3 is 2.08 bits per heavy atom. The summed E-state index contributed by atoms with van der Waals surface area (Å²) < 4.78 is 5.53. The van der Waals surface area contributed by atoms with Gasteiger partial charge in [0.05, 0.1) is 13.0 Å². The van der Waals surface area contributed by atoms with Gasteiger partial charge < -0.3 is 25.4 Å². The number of para-hydroxylation sites is 1. The number of piperazine rings is 1. The maximum absolute atomic E-state index is 12.2. The minimum Gasteiger partial charge on any atom is -0.493 e. The first kappa shape index (κ1) is 19.7. The lowest BCUT2D eigenvalue weighted by Gasteiger charge is -2.35. The second-order valence-corrected chi connectivity index (χ2v) is 6.16. The number of hydrogen-bond acceptors (Lipinski definition) is 5. The van der Waals surface area contributed by atoms with Crippen LogP contribution in [0.3, 0.4) is 0 Å². The number of benzene rings is 1. The van der Waals surface area contributed by atoms with E-state index in [-0.39, 0.29) is 31.1 Å². The van der Waals surface area contributed by atoms with Gasteiger partial charge in [-0.1, -0.05) is 18.2 Å². The fourth-order valence-electron chi connectivity index (χ4n) is 2.70. The Morgan fingerprint density at radius 2 is 1.54 bits per heavy atom. The molecule has 1 heterocycles. The van der Waals surface area contributed by atoms with Crippen LogP contribution in [0.5, 0.6) is 5.75 Å². The molecule has 1 aliphatic heterocycles. The van der Waals surface area contributed by atoms with Crippen LogP contribution in [0.1, 0.15) is 19.3 Å². The number of nitrogens with zero attached hydrogens (tertiary/aromatic N) is 2. The van der Waals surface area contributed by atoms with Crippen molar-refractivity contribution in [3.8, 4) is 5.75 Å². The first-order valence-electron chi connectivity index (χ1n) is 8.69. The normalized spacial score (nSPS) is 15.4. The lowest BCUT2D eigenvalue weighted by atomic mass is 10.1. The van der Waals surface area contributed by atoms with Crippen LogP contribution in [0.4, 0.5) is 0 Å². The monoisotopic (exact) mass is 363 g/mol. The molecular weight excluding hydrogens is 338 g/mol. The Balaban J connectivity index is 1.66. The van der Waals surface area contributed by atoms with Gasteiger partial charge in [0.1, 0.15) is 11.8 Å². The summed E-state index contributed by atoms with van der Waals surface area (Å²) in [6.45, 7) is 2.16. The second-order valence-electron chi connectivity index (χ2n) is 6.16. The minimum absolute atomic E-state index is 0.000861. The average molecular weight is 363 g/mol. The van der Waals surface area contributed by atoms with Crippen molar-refractivity contribution in [2.75, 3.05) is 32.8 Å². The van der Waals surface area contributed by atoms with Crippen LogP contribution in [-0.4, -0.2) is 71.5 Å². The summed E-state index contributed by atoms with van der Waals surface area (Å²) in [5.74, 6) is -0.497. The molecule has 26 heavy (non-hydrogen) atoms. The van der Waals surface area contributed by atoms with Crippen LogP contribution in [0.15, 0.2) is 30.3 Å². The van der Waals surface area contributed by atoms with E-state index in [9.17, 15) is 14.4 Å². The maximum Gasteiger partial charge on any atom is 0.320 e. The van der Waals surface area contributed by atoms with Crippen LogP contribution in [0.2, 0.25) is 0 Å². The minimum atomic E-state index is -1.11. The van der Waals surface area contributed by atoms with Crippen molar-refractivity contribution in [3.63, 3.8) is 0 Å². The third kappa shape index (κ3) is 6.03. The SMILES string of the molecule is N[C@@H](CCC(=O)N1CCN(C(=O)CCOc2ccccc2)CC1)C(=O)O. The molecule has 3 N–H and O–H groups in total. The van der Waals surface area contributed by atoms with Crippen molar-refractivity contribution < 1.29 is 24.2 Å². The Bertz CT molecular complexity index is 615. The van der Waals surface area contributed by atoms with Gasteiger partial charge in [0, 0.05) is 32.6 Å². The summed E-state index contributed by atoms with van der Waals surface area (Å²) in [6, 6.07) is 8.30. The average Bonchev–Trinajstić information content (AvgIpc) is 2.66. The zero-order chi connectivity index (χ0) is 18.9. The first-order chi connectivity index (χ1) is 12.5. The Hall–Kier alpha value is -2.61. The number of carbonyl (C=O) groups is 3. The predicted octanol–water partition coefficient (Wildman–Crippen LogP) is 0.318. The molecule has 8 nitrogen and oxygen atoms in total. The highest BCUT2D eigenvalue weighted by molar-refractivity contribution is 5.79. The number of ether oxygens (including phenoxy) is 1. The van der Waals surface area contributed by atoms with Crippen LogP contribution in [-0.2, 0) is 14.4 Å². The predicted molar refractivity (Wildman–Crippen MR) is 94.6 cm³/mol. The van der Waals surface area contributed by atoms with Crippen LogP contribution >= 0.6 is 0 Å². The summed E-state index contributed by atoms with van der Waals surface area (Å²) in [4.78, 5) is 38.4. The number of carbonyl (C=O) groups excluding carboxylic acids is 2. The second kappa shape index (κ2) is 9.76. The Kier molecular flexibility index (Phi) is 7.40. The molecule has 1 fully saturated rings. The van der Waals surface area contributed by atoms with E-state index >= 15 is 0 Å². The third-order valence-electron chi connectivity index (χ3n) is 4.30. The summed E-state index contributed by atoms with van der Waals surface area (Å²) in [5, 5.41) is 8.74. The van der Waals surface area contributed by atoms with Gasteiger partial charge in [0.2, 0.25) is 11.8 Å². The van der Waals surface area contributed by atoms with E-state index in [1.807, 2.05) is 30.3 Å². The molecule has 2 amide bonds. The number of nitrogens with two attached hydrogens (primary N) is 1. The lowest BCUT2D eigenvalue weighted by molar-refractivity contribution is -0.141. The molecule has 1 saturated heterocycles. The first-order valence-corrected chi connectivity index (χ1v) is 8.69. The van der Waals surface area contributed by atoms with Crippen LogP contribution in [0, 0.1) is 0 Å². The molecule has 0 unspecified atom stereocenters. The molecule has 1 aromatic rings. The molecule has 0 saturated carbocycles. The van der Waals surface area contributed by atoms with Crippen molar-refractivity contribution in [2.24, 2.45) is 5.73 Å². The maximum atomic E-state index is 12.2. The molecule has 142 valence electrons. The fourth-order valence-corrected chi connectivity index (χ4v) is 2.70. The summed E-state index contributed by atoms with van der Waals surface area (Å²) in [5.41, 5.74) is 5.41. The van der Waals surface area contributed by atoms with E-state index in [0.29, 0.717) is 32.8 Å². The lowest BCUT2D eigenvalue weighted by Crippen LogP contribution is -2.51. The van der Waals surface area contributed by atoms with E-state index in [0.717, 1.165) is 5.75 Å². The van der Waals surface area contributed by atoms with Crippen molar-refractivity contribution in [1.29, 1.82) is 0 Å². The van der Waals surface area contributed by atoms with E-state index < -0.39 is 12.0 Å². The zero-order valence-corrected chi connectivity index (χ0v) is 14.7. The molecule has 0 bridgehead atoms. The molecule has 8 heteroatoms. The molecule has 0 aromatic heterocycles. The van der Waals surface area contributed by atoms with Gasteiger partial charge >= 0.3 is 5.97 Å². The van der Waals surface area contributed by atoms with E-state index in [4.69, 9.17) is 15.6 Å². The topological polar surface area (TPSA) is 113 Å². The summed E-state index contributed by atoms with van der Waals surface area (Å²) in [6.07, 6.45) is 0.507. The summed E-state index contributed by atoms with van der Waals surface area (Å²) >= 11 is 0. The van der Waals surface area contributed by atoms with Crippen molar-refractivity contribution in [1.82, 2.24) is 9.80 Å². The number of rotatable bonds is 8.